The van der Waals surface area contributed by atoms with E-state index in [-0.39, 0.29) is 11.8 Å². The third kappa shape index (κ3) is 9.42. The molecule has 0 aliphatic carbocycles. The van der Waals surface area contributed by atoms with E-state index < -0.39 is 0 Å². The molecule has 0 fully saturated rings. The van der Waals surface area contributed by atoms with Crippen LogP contribution in [0.15, 0.2) is 0 Å². The Morgan fingerprint density at radius 3 is 1.88 bits per heavy atom. The molecule has 0 aliphatic rings. The first kappa shape index (κ1) is 14.9. The number of carbonyl (C=O) groups is 2. The minimum Gasteiger partial charge on any atom is -0.356 e. The summed E-state index contributed by atoms with van der Waals surface area (Å²) in [7, 11) is 0. The second-order valence-corrected chi connectivity index (χ2v) is 3.48. The van der Waals surface area contributed by atoms with Gasteiger partial charge in [0.05, 0.1) is 0 Å². The second kappa shape index (κ2) is 10.4. The highest BCUT2D eigenvalue weighted by molar-refractivity contribution is 5.76. The van der Waals surface area contributed by atoms with Crippen LogP contribution < -0.4 is 22.1 Å². The highest BCUT2D eigenvalue weighted by Gasteiger charge is 2.00. The summed E-state index contributed by atoms with van der Waals surface area (Å²) in [5, 5.41) is 5.46. The van der Waals surface area contributed by atoms with Gasteiger partial charge in [-0.15, -0.1) is 0 Å². The molecular weight excluding hydrogens is 208 g/mol. The van der Waals surface area contributed by atoms with Gasteiger partial charge in [-0.1, -0.05) is 0 Å². The van der Waals surface area contributed by atoms with E-state index in [0.717, 1.165) is 6.42 Å². The van der Waals surface area contributed by atoms with Crippen LogP contribution in [0.25, 0.3) is 0 Å². The van der Waals surface area contributed by atoms with Gasteiger partial charge in [-0.3, -0.25) is 9.59 Å². The van der Waals surface area contributed by atoms with Gasteiger partial charge in [0.25, 0.3) is 0 Å². The molecule has 0 saturated carbocycles. The summed E-state index contributed by atoms with van der Waals surface area (Å²) in [6.07, 6.45) is 2.25. The Labute approximate surface area is 96.1 Å². The average Bonchev–Trinajstić information content (AvgIpc) is 2.26. The van der Waals surface area contributed by atoms with Crippen molar-refractivity contribution in [1.29, 1.82) is 0 Å². The van der Waals surface area contributed by atoms with Crippen molar-refractivity contribution >= 4 is 11.8 Å². The predicted molar refractivity (Wildman–Crippen MR) is 62.6 cm³/mol. The zero-order chi connectivity index (χ0) is 12.2. The molecule has 0 atom stereocenters. The van der Waals surface area contributed by atoms with E-state index >= 15 is 0 Å². The molecule has 94 valence electrons. The number of carbonyl (C=O) groups excluding carboxylic acids is 2. The van der Waals surface area contributed by atoms with Gasteiger partial charge >= 0.3 is 0 Å². The molecule has 6 nitrogen and oxygen atoms in total. The van der Waals surface area contributed by atoms with Crippen molar-refractivity contribution in [2.24, 2.45) is 11.5 Å². The molecule has 6 N–H and O–H groups in total. The normalized spacial score (nSPS) is 9.88. The first-order valence-electron chi connectivity index (χ1n) is 5.64. The van der Waals surface area contributed by atoms with Gasteiger partial charge < -0.3 is 22.1 Å². The number of nitrogens with two attached hydrogens (primary N) is 2. The Morgan fingerprint density at radius 2 is 1.38 bits per heavy atom. The fourth-order valence-corrected chi connectivity index (χ4v) is 1.11. The standard InChI is InChI=1S/C10H22N4O2/c11-5-1-3-9(15)13-7-2-8-14-10(16)4-6-12/h1-8,11-12H2,(H,13,15)(H,14,16). The Morgan fingerprint density at radius 1 is 0.812 bits per heavy atom. The molecule has 2 amide bonds. The van der Waals surface area contributed by atoms with Crippen molar-refractivity contribution in [3.05, 3.63) is 0 Å². The third-order valence-corrected chi connectivity index (χ3v) is 1.98. The van der Waals surface area contributed by atoms with Gasteiger partial charge in [0.2, 0.25) is 11.8 Å². The maximum Gasteiger partial charge on any atom is 0.221 e. The second-order valence-electron chi connectivity index (χ2n) is 3.48. The topological polar surface area (TPSA) is 110 Å². The number of hydrogen-bond acceptors (Lipinski definition) is 4. The fourth-order valence-electron chi connectivity index (χ4n) is 1.11. The van der Waals surface area contributed by atoms with Crippen LogP contribution in [-0.4, -0.2) is 38.0 Å². The lowest BCUT2D eigenvalue weighted by Gasteiger charge is -2.06. The summed E-state index contributed by atoms with van der Waals surface area (Å²) >= 11 is 0. The van der Waals surface area contributed by atoms with Gasteiger partial charge in [0.15, 0.2) is 0 Å². The van der Waals surface area contributed by atoms with E-state index in [1.807, 2.05) is 0 Å². The Bertz CT molecular complexity index is 209. The van der Waals surface area contributed by atoms with Gasteiger partial charge in [0.1, 0.15) is 0 Å². The number of nitrogens with one attached hydrogen (secondary N) is 2. The van der Waals surface area contributed by atoms with E-state index in [9.17, 15) is 9.59 Å². The van der Waals surface area contributed by atoms with Gasteiger partial charge in [-0.05, 0) is 19.4 Å². The van der Waals surface area contributed by atoms with Crippen LogP contribution in [-0.2, 0) is 9.59 Å². The zero-order valence-electron chi connectivity index (χ0n) is 9.63. The minimum absolute atomic E-state index is 0.0127. The zero-order valence-corrected chi connectivity index (χ0v) is 9.63. The van der Waals surface area contributed by atoms with Crippen LogP contribution in [0, 0.1) is 0 Å². The molecule has 0 bridgehead atoms. The summed E-state index contributed by atoms with van der Waals surface area (Å²) in [5.41, 5.74) is 10.5. The molecule has 0 aromatic heterocycles. The smallest absolute Gasteiger partial charge is 0.221 e. The molecule has 0 radical (unpaired) electrons. The number of rotatable bonds is 9. The number of amides is 2. The van der Waals surface area contributed by atoms with Crippen LogP contribution in [0.1, 0.15) is 25.7 Å². The summed E-state index contributed by atoms with van der Waals surface area (Å²) < 4.78 is 0. The molecule has 6 heteroatoms. The van der Waals surface area contributed by atoms with Crippen LogP contribution in [0.5, 0.6) is 0 Å². The molecular formula is C10H22N4O2. The van der Waals surface area contributed by atoms with Gasteiger partial charge in [-0.25, -0.2) is 0 Å². The van der Waals surface area contributed by atoms with E-state index in [0.29, 0.717) is 45.4 Å². The lowest BCUT2D eigenvalue weighted by atomic mass is 10.3. The third-order valence-electron chi connectivity index (χ3n) is 1.98. The first-order chi connectivity index (χ1) is 7.70. The van der Waals surface area contributed by atoms with Gasteiger partial charge in [-0.2, -0.15) is 0 Å². The fraction of sp³-hybridized carbons (Fsp3) is 0.800. The van der Waals surface area contributed by atoms with Crippen LogP contribution in [0.4, 0.5) is 0 Å². The molecule has 0 rings (SSSR count). The highest BCUT2D eigenvalue weighted by Crippen LogP contribution is 1.85. The Kier molecular flexibility index (Phi) is 9.64. The predicted octanol–water partition coefficient (Wildman–Crippen LogP) is -1.30. The van der Waals surface area contributed by atoms with Crippen molar-refractivity contribution < 1.29 is 9.59 Å². The quantitative estimate of drug-likeness (QED) is 0.369. The lowest BCUT2D eigenvalue weighted by Crippen LogP contribution is -2.30. The van der Waals surface area contributed by atoms with Crippen molar-refractivity contribution in [3.63, 3.8) is 0 Å². The molecule has 0 aromatic carbocycles. The van der Waals surface area contributed by atoms with Gasteiger partial charge in [0, 0.05) is 32.5 Å². The van der Waals surface area contributed by atoms with Crippen molar-refractivity contribution in [3.8, 4) is 0 Å². The lowest BCUT2D eigenvalue weighted by molar-refractivity contribution is -0.121. The molecule has 0 spiro atoms. The van der Waals surface area contributed by atoms with E-state index in [1.54, 1.807) is 0 Å². The van der Waals surface area contributed by atoms with Crippen LogP contribution in [0.2, 0.25) is 0 Å². The minimum atomic E-state index is -0.0445. The monoisotopic (exact) mass is 230 g/mol. The van der Waals surface area contributed by atoms with Crippen molar-refractivity contribution in [2.45, 2.75) is 25.7 Å². The van der Waals surface area contributed by atoms with Crippen LogP contribution in [0.3, 0.4) is 0 Å². The molecule has 0 heterocycles. The Hall–Kier alpha value is -1.14. The molecule has 0 saturated heterocycles. The average molecular weight is 230 g/mol. The van der Waals surface area contributed by atoms with E-state index in [1.165, 1.54) is 0 Å². The SMILES string of the molecule is NCCCC(=O)NCCCNC(=O)CCN. The molecule has 0 unspecified atom stereocenters. The summed E-state index contributed by atoms with van der Waals surface area (Å²) in [4.78, 5) is 22.1. The highest BCUT2D eigenvalue weighted by atomic mass is 16.2. The largest absolute Gasteiger partial charge is 0.356 e. The van der Waals surface area contributed by atoms with E-state index in [2.05, 4.69) is 10.6 Å². The molecule has 16 heavy (non-hydrogen) atoms. The molecule has 0 aromatic rings. The maximum atomic E-state index is 11.1. The maximum absolute atomic E-state index is 11.1. The number of hydrogen-bond donors (Lipinski definition) is 4. The summed E-state index contributed by atoms with van der Waals surface area (Å²) in [6.45, 7) is 2.03. The van der Waals surface area contributed by atoms with E-state index in [4.69, 9.17) is 11.5 Å². The Balaban J connectivity index is 3.26. The summed E-state index contributed by atoms with van der Waals surface area (Å²) in [5.74, 6) is -0.0318. The summed E-state index contributed by atoms with van der Waals surface area (Å²) in [6, 6.07) is 0. The van der Waals surface area contributed by atoms with Crippen molar-refractivity contribution in [2.75, 3.05) is 26.2 Å². The van der Waals surface area contributed by atoms with Crippen molar-refractivity contribution in [1.82, 2.24) is 10.6 Å². The first-order valence-corrected chi connectivity index (χ1v) is 5.64. The van der Waals surface area contributed by atoms with Crippen LogP contribution >= 0.6 is 0 Å². The molecule has 0 aliphatic heterocycles.